The highest BCUT2D eigenvalue weighted by Crippen LogP contribution is 2.32. The van der Waals surface area contributed by atoms with Crippen LogP contribution in [-0.2, 0) is 4.79 Å². The summed E-state index contributed by atoms with van der Waals surface area (Å²) >= 11 is 11.7. The van der Waals surface area contributed by atoms with Crippen molar-refractivity contribution in [3.05, 3.63) is 21.4 Å². The summed E-state index contributed by atoms with van der Waals surface area (Å²) in [5.74, 6) is -3.28. The van der Waals surface area contributed by atoms with Gasteiger partial charge in [0, 0.05) is 13.1 Å². The van der Waals surface area contributed by atoms with Gasteiger partial charge in [-0.05, 0) is 6.92 Å². The van der Waals surface area contributed by atoms with Crippen LogP contribution in [0.3, 0.4) is 0 Å². The summed E-state index contributed by atoms with van der Waals surface area (Å²) in [6.07, 6.45) is -5.22. The summed E-state index contributed by atoms with van der Waals surface area (Å²) in [6, 6.07) is -0.190. The molecule has 122 valence electrons. The van der Waals surface area contributed by atoms with Crippen molar-refractivity contribution in [1.29, 1.82) is 0 Å². The maximum absolute atomic E-state index is 12.3. The topological polar surface area (TPSA) is 72.4 Å². The number of alkyl halides is 3. The van der Waals surface area contributed by atoms with Gasteiger partial charge in [-0.25, -0.2) is 4.79 Å². The maximum atomic E-state index is 12.3. The predicted octanol–water partition coefficient (Wildman–Crippen LogP) is 1.32. The molecule has 0 bridgehead atoms. The van der Waals surface area contributed by atoms with E-state index < -0.39 is 23.7 Å². The highest BCUT2D eigenvalue weighted by atomic mass is 35.5. The summed E-state index contributed by atoms with van der Waals surface area (Å²) in [4.78, 5) is 27.3. The Balaban J connectivity index is 2.33. The molecule has 11 heteroatoms. The molecular weight excluding hydrogens is 350 g/mol. The van der Waals surface area contributed by atoms with Crippen molar-refractivity contribution in [1.82, 2.24) is 15.4 Å². The number of hydrogen-bond donors (Lipinski definition) is 2. The molecule has 1 saturated heterocycles. The van der Waals surface area contributed by atoms with Crippen LogP contribution in [0.25, 0.3) is 0 Å². The number of nitrogens with one attached hydrogen (secondary N) is 2. The Hall–Kier alpha value is -1.45. The number of carbonyl (C=O) groups is 2. The van der Waals surface area contributed by atoms with Gasteiger partial charge < -0.3 is 15.5 Å². The minimum atomic E-state index is -5.22. The molecule has 1 fully saturated rings. The molecule has 1 aromatic rings. The van der Waals surface area contributed by atoms with Crippen molar-refractivity contribution in [2.75, 3.05) is 13.1 Å². The van der Waals surface area contributed by atoms with Crippen LogP contribution >= 0.6 is 23.2 Å². The molecule has 1 aliphatic heterocycles. The quantitative estimate of drug-likeness (QED) is 0.853. The van der Waals surface area contributed by atoms with Crippen LogP contribution in [0, 0.1) is 6.92 Å². The standard InChI is InChI=1S/C11H10Cl2F3N3O3/c1-4-6(12)7(13)8(9(20)18-5-2-17-3-5)19(4)22-10(21)11(14,15)16/h5,17H,2-3H2,1H3,(H,18,20). The van der Waals surface area contributed by atoms with Gasteiger partial charge in [0.2, 0.25) is 0 Å². The molecule has 0 unspecified atom stereocenters. The fraction of sp³-hybridized carbons (Fsp3) is 0.455. The second-order valence-corrected chi connectivity index (χ2v) is 5.32. The Morgan fingerprint density at radius 1 is 1.32 bits per heavy atom. The number of nitrogens with zero attached hydrogens (tertiary/aromatic N) is 1. The average Bonchev–Trinajstić information content (AvgIpc) is 2.57. The number of aromatic nitrogens is 1. The Morgan fingerprint density at radius 3 is 2.36 bits per heavy atom. The molecule has 1 amide bonds. The van der Waals surface area contributed by atoms with E-state index in [1.54, 1.807) is 0 Å². The molecule has 2 N–H and O–H groups in total. The van der Waals surface area contributed by atoms with Gasteiger partial charge in [0.25, 0.3) is 5.91 Å². The minimum Gasteiger partial charge on any atom is -0.345 e. The van der Waals surface area contributed by atoms with Crippen LogP contribution in [0.2, 0.25) is 10.0 Å². The van der Waals surface area contributed by atoms with E-state index in [9.17, 15) is 22.8 Å². The van der Waals surface area contributed by atoms with Gasteiger partial charge in [-0.2, -0.15) is 17.9 Å². The second kappa shape index (κ2) is 5.98. The lowest BCUT2D eigenvalue weighted by molar-refractivity contribution is -0.200. The van der Waals surface area contributed by atoms with Gasteiger partial charge in [-0.3, -0.25) is 4.79 Å². The van der Waals surface area contributed by atoms with Gasteiger partial charge in [0.05, 0.1) is 21.8 Å². The van der Waals surface area contributed by atoms with Crippen molar-refractivity contribution in [3.8, 4) is 0 Å². The molecule has 0 spiro atoms. The lowest BCUT2D eigenvalue weighted by atomic mass is 10.2. The zero-order valence-electron chi connectivity index (χ0n) is 11.1. The molecule has 0 atom stereocenters. The maximum Gasteiger partial charge on any atom is 0.493 e. The Labute approximate surface area is 132 Å². The molecule has 0 radical (unpaired) electrons. The Bertz CT molecular complexity index is 626. The van der Waals surface area contributed by atoms with E-state index in [1.807, 2.05) is 0 Å². The molecule has 1 aliphatic rings. The summed E-state index contributed by atoms with van der Waals surface area (Å²) in [5.41, 5.74) is -0.560. The average molecular weight is 360 g/mol. The first kappa shape index (κ1) is 16.9. The van der Waals surface area contributed by atoms with Crippen molar-refractivity contribution < 1.29 is 27.6 Å². The number of carbonyl (C=O) groups excluding carboxylic acids is 2. The molecule has 0 saturated carbocycles. The fourth-order valence-electron chi connectivity index (χ4n) is 1.69. The summed E-state index contributed by atoms with van der Waals surface area (Å²) < 4.78 is 37.3. The SMILES string of the molecule is Cc1c(Cl)c(Cl)c(C(=O)NC2CNC2)n1OC(=O)C(F)(F)F. The van der Waals surface area contributed by atoms with Gasteiger partial charge >= 0.3 is 12.1 Å². The van der Waals surface area contributed by atoms with Gasteiger partial charge in [-0.1, -0.05) is 23.2 Å². The van der Waals surface area contributed by atoms with Crippen LogP contribution in [0.1, 0.15) is 16.2 Å². The van der Waals surface area contributed by atoms with Crippen LogP contribution < -0.4 is 15.5 Å². The normalized spacial score (nSPS) is 15.4. The van der Waals surface area contributed by atoms with E-state index in [2.05, 4.69) is 15.5 Å². The first-order chi connectivity index (χ1) is 10.1. The molecule has 0 aliphatic carbocycles. The third kappa shape index (κ3) is 3.16. The van der Waals surface area contributed by atoms with E-state index in [4.69, 9.17) is 23.2 Å². The molecule has 6 nitrogen and oxygen atoms in total. The predicted molar refractivity (Wildman–Crippen MR) is 71.0 cm³/mol. The van der Waals surface area contributed by atoms with Gasteiger partial charge in [0.15, 0.2) is 5.69 Å². The summed E-state index contributed by atoms with van der Waals surface area (Å²) in [5, 5.41) is 4.96. The van der Waals surface area contributed by atoms with Crippen molar-refractivity contribution in [2.24, 2.45) is 0 Å². The smallest absolute Gasteiger partial charge is 0.345 e. The van der Waals surface area contributed by atoms with Crippen LogP contribution in [-0.4, -0.2) is 41.9 Å². The monoisotopic (exact) mass is 359 g/mol. The summed E-state index contributed by atoms with van der Waals surface area (Å²) in [7, 11) is 0. The van der Waals surface area contributed by atoms with Crippen LogP contribution in [0.15, 0.2) is 0 Å². The molecule has 1 aromatic heterocycles. The van der Waals surface area contributed by atoms with Gasteiger partial charge in [-0.15, -0.1) is 0 Å². The van der Waals surface area contributed by atoms with Crippen molar-refractivity contribution in [3.63, 3.8) is 0 Å². The first-order valence-corrected chi connectivity index (χ1v) is 6.76. The highest BCUT2D eigenvalue weighted by Gasteiger charge is 2.43. The van der Waals surface area contributed by atoms with E-state index in [1.165, 1.54) is 6.92 Å². The number of amides is 1. The van der Waals surface area contributed by atoms with E-state index in [-0.39, 0.29) is 21.8 Å². The molecule has 0 aromatic carbocycles. The highest BCUT2D eigenvalue weighted by molar-refractivity contribution is 6.44. The number of halogens is 5. The third-order valence-corrected chi connectivity index (χ3v) is 3.89. The van der Waals surface area contributed by atoms with E-state index >= 15 is 0 Å². The lowest BCUT2D eigenvalue weighted by Gasteiger charge is -2.28. The largest absolute Gasteiger partial charge is 0.493 e. The second-order valence-electron chi connectivity index (χ2n) is 4.56. The molecular formula is C11H10Cl2F3N3O3. The third-order valence-electron chi connectivity index (χ3n) is 2.96. The zero-order chi connectivity index (χ0) is 16.7. The fourth-order valence-corrected chi connectivity index (χ4v) is 2.16. The summed E-state index contributed by atoms with van der Waals surface area (Å²) in [6.45, 7) is 2.29. The van der Waals surface area contributed by atoms with Crippen molar-refractivity contribution >= 4 is 35.1 Å². The van der Waals surface area contributed by atoms with E-state index in [0.29, 0.717) is 17.8 Å². The number of hydrogen-bond acceptors (Lipinski definition) is 4. The molecule has 22 heavy (non-hydrogen) atoms. The Morgan fingerprint density at radius 2 is 1.91 bits per heavy atom. The number of rotatable bonds is 3. The Kier molecular flexibility index (Phi) is 4.59. The van der Waals surface area contributed by atoms with E-state index in [0.717, 1.165) is 0 Å². The molecule has 2 rings (SSSR count). The first-order valence-electron chi connectivity index (χ1n) is 6.00. The minimum absolute atomic E-state index is 0.0962. The van der Waals surface area contributed by atoms with Crippen LogP contribution in [0.4, 0.5) is 13.2 Å². The van der Waals surface area contributed by atoms with Crippen LogP contribution in [0.5, 0.6) is 0 Å². The zero-order valence-corrected chi connectivity index (χ0v) is 12.6. The van der Waals surface area contributed by atoms with Crippen molar-refractivity contribution in [2.45, 2.75) is 19.1 Å². The lowest BCUT2D eigenvalue weighted by Crippen LogP contribution is -2.57. The van der Waals surface area contributed by atoms with Gasteiger partial charge in [0.1, 0.15) is 0 Å². The molecule has 2 heterocycles.